The van der Waals surface area contributed by atoms with Crippen LogP contribution in [0.2, 0.25) is 0 Å². The summed E-state index contributed by atoms with van der Waals surface area (Å²) < 4.78 is 37.6. The monoisotopic (exact) mass is 416 g/mol. The van der Waals surface area contributed by atoms with Gasteiger partial charge in [0.15, 0.2) is 0 Å². The first kappa shape index (κ1) is 22.3. The van der Waals surface area contributed by atoms with Gasteiger partial charge in [-0.15, -0.1) is 0 Å². The molecule has 0 spiro atoms. The molecule has 2 N–H and O–H groups in total. The minimum Gasteiger partial charge on any atom is -0.462 e. The van der Waals surface area contributed by atoms with Crippen LogP contribution in [0, 0.1) is 12.8 Å². The predicted molar refractivity (Wildman–Crippen MR) is 100 cm³/mol. The molecule has 158 valence electrons. The quantitative estimate of drug-likeness (QED) is 0.464. The summed E-state index contributed by atoms with van der Waals surface area (Å²) in [4.78, 5) is 24.6. The van der Waals surface area contributed by atoms with Crippen LogP contribution in [0.1, 0.15) is 42.7 Å². The third-order valence-electron chi connectivity index (χ3n) is 4.75. The number of aromatic nitrogens is 2. The number of esters is 1. The maximum atomic E-state index is 13.3. The van der Waals surface area contributed by atoms with Crippen LogP contribution >= 0.6 is 0 Å². The molecule has 1 aliphatic heterocycles. The summed E-state index contributed by atoms with van der Waals surface area (Å²) in [5.41, 5.74) is 0.219. The number of ether oxygens (including phenoxy) is 2. The van der Waals surface area contributed by atoms with Gasteiger partial charge in [0.05, 0.1) is 19.1 Å². The van der Waals surface area contributed by atoms with Gasteiger partial charge in [0.25, 0.3) is 10.0 Å². The summed E-state index contributed by atoms with van der Waals surface area (Å²) in [6.07, 6.45) is 1.11. The van der Waals surface area contributed by atoms with Crippen molar-refractivity contribution in [2.75, 3.05) is 33.4 Å². The number of rotatable bonds is 8. The molecule has 1 aliphatic rings. The number of nitrogens with zero attached hydrogens (tertiary/aromatic N) is 2. The lowest BCUT2D eigenvalue weighted by molar-refractivity contribution is -0.126. The topological polar surface area (TPSA) is 131 Å². The lowest BCUT2D eigenvalue weighted by Crippen LogP contribution is -2.49. The summed E-state index contributed by atoms with van der Waals surface area (Å²) in [6.45, 7) is 5.86. The maximum absolute atomic E-state index is 13.3. The van der Waals surface area contributed by atoms with Gasteiger partial charge >= 0.3 is 5.97 Å². The second-order valence-electron chi connectivity index (χ2n) is 6.73. The number of amides is 1. The van der Waals surface area contributed by atoms with E-state index in [0.717, 1.165) is 0 Å². The molecular weight excluding hydrogens is 388 g/mol. The van der Waals surface area contributed by atoms with E-state index in [1.54, 1.807) is 20.8 Å². The van der Waals surface area contributed by atoms with Gasteiger partial charge in [0.2, 0.25) is 10.9 Å². The number of aryl methyl sites for hydroxylation is 1. The van der Waals surface area contributed by atoms with Crippen molar-refractivity contribution in [3.8, 4) is 0 Å². The number of carbonyl (C=O) groups is 2. The zero-order valence-corrected chi connectivity index (χ0v) is 17.5. The first-order valence-electron chi connectivity index (χ1n) is 9.24. The Morgan fingerprint density at radius 2 is 2.07 bits per heavy atom. The van der Waals surface area contributed by atoms with Gasteiger partial charge in [0, 0.05) is 31.9 Å². The van der Waals surface area contributed by atoms with Gasteiger partial charge in [-0.1, -0.05) is 0 Å². The number of hydrogen-bond acceptors (Lipinski definition) is 7. The van der Waals surface area contributed by atoms with Crippen LogP contribution in [0.3, 0.4) is 0 Å². The van der Waals surface area contributed by atoms with E-state index >= 15 is 0 Å². The number of aromatic amines is 1. The van der Waals surface area contributed by atoms with Crippen molar-refractivity contribution < 1.29 is 27.5 Å². The standard InChI is InChI=1S/C17H28N4O6S/c1-5-27-17(23)14-12(3)19-20-16(14)28(24,25)21-10-13(7-6-11(21)2)15(22)18-8-9-26-4/h11,13H,5-10H2,1-4H3,(H,18,22)(H,19,20)/t11-,13-/m1/s1. The summed E-state index contributed by atoms with van der Waals surface area (Å²) in [7, 11) is -2.55. The van der Waals surface area contributed by atoms with Crippen molar-refractivity contribution in [2.24, 2.45) is 5.92 Å². The first-order valence-corrected chi connectivity index (χ1v) is 10.7. The van der Waals surface area contributed by atoms with Gasteiger partial charge in [-0.2, -0.15) is 9.40 Å². The Bertz CT molecular complexity index is 807. The zero-order valence-electron chi connectivity index (χ0n) is 16.6. The van der Waals surface area contributed by atoms with Crippen LogP contribution in [0.15, 0.2) is 5.03 Å². The highest BCUT2D eigenvalue weighted by Crippen LogP contribution is 2.30. The van der Waals surface area contributed by atoms with Crippen LogP contribution < -0.4 is 5.32 Å². The second kappa shape index (κ2) is 9.48. The summed E-state index contributed by atoms with van der Waals surface area (Å²) in [5, 5.41) is 8.80. The number of methoxy groups -OCH3 is 1. The number of hydrogen-bond donors (Lipinski definition) is 2. The molecule has 2 heterocycles. The Morgan fingerprint density at radius 1 is 1.36 bits per heavy atom. The third kappa shape index (κ3) is 4.70. The minimum atomic E-state index is -4.09. The van der Waals surface area contributed by atoms with E-state index in [4.69, 9.17) is 9.47 Å². The highest BCUT2D eigenvalue weighted by molar-refractivity contribution is 7.89. The fraction of sp³-hybridized carbons (Fsp3) is 0.706. The molecule has 1 aromatic rings. The molecule has 0 aromatic carbocycles. The molecule has 0 aliphatic carbocycles. The molecule has 10 nitrogen and oxygen atoms in total. The molecule has 1 aromatic heterocycles. The second-order valence-corrected chi connectivity index (χ2v) is 8.54. The van der Waals surface area contributed by atoms with Gasteiger partial charge in [-0.25, -0.2) is 13.2 Å². The van der Waals surface area contributed by atoms with E-state index in [1.165, 1.54) is 11.4 Å². The fourth-order valence-electron chi connectivity index (χ4n) is 3.19. The van der Waals surface area contributed by atoms with Crippen molar-refractivity contribution in [1.82, 2.24) is 19.8 Å². The van der Waals surface area contributed by atoms with Crippen molar-refractivity contribution in [3.05, 3.63) is 11.3 Å². The smallest absolute Gasteiger partial charge is 0.343 e. The van der Waals surface area contributed by atoms with E-state index in [2.05, 4.69) is 15.5 Å². The van der Waals surface area contributed by atoms with E-state index in [9.17, 15) is 18.0 Å². The molecule has 0 radical (unpaired) electrons. The largest absolute Gasteiger partial charge is 0.462 e. The Kier molecular flexibility index (Phi) is 7.55. The summed E-state index contributed by atoms with van der Waals surface area (Å²) in [5.74, 6) is -1.44. The van der Waals surface area contributed by atoms with Gasteiger partial charge in [0.1, 0.15) is 5.56 Å². The molecule has 0 saturated carbocycles. The van der Waals surface area contributed by atoms with E-state index in [0.29, 0.717) is 31.7 Å². The highest BCUT2D eigenvalue weighted by Gasteiger charge is 2.41. The van der Waals surface area contributed by atoms with Crippen molar-refractivity contribution in [3.63, 3.8) is 0 Å². The van der Waals surface area contributed by atoms with E-state index < -0.39 is 21.9 Å². The minimum absolute atomic E-state index is 0.0243. The number of carbonyl (C=O) groups excluding carboxylic acids is 2. The van der Waals surface area contributed by atoms with Crippen molar-refractivity contribution >= 4 is 21.9 Å². The summed E-state index contributed by atoms with van der Waals surface area (Å²) >= 11 is 0. The molecule has 0 unspecified atom stereocenters. The normalized spacial score (nSPS) is 20.7. The van der Waals surface area contributed by atoms with E-state index in [-0.39, 0.29) is 35.7 Å². The lowest BCUT2D eigenvalue weighted by Gasteiger charge is -2.35. The maximum Gasteiger partial charge on any atom is 0.343 e. The molecule has 11 heteroatoms. The number of H-pyrrole nitrogens is 1. The van der Waals surface area contributed by atoms with Crippen LogP contribution in [-0.4, -0.2) is 74.3 Å². The molecule has 1 amide bonds. The van der Waals surface area contributed by atoms with E-state index in [1.807, 2.05) is 0 Å². The van der Waals surface area contributed by atoms with Gasteiger partial charge in [-0.05, 0) is 33.6 Å². The predicted octanol–water partition coefficient (Wildman–Crippen LogP) is 0.447. The zero-order chi connectivity index (χ0) is 20.9. The molecule has 1 saturated heterocycles. The van der Waals surface area contributed by atoms with Crippen LogP contribution in [0.5, 0.6) is 0 Å². The average molecular weight is 417 g/mol. The average Bonchev–Trinajstić information content (AvgIpc) is 3.04. The molecule has 2 rings (SSSR count). The number of sulfonamides is 1. The molecule has 1 fully saturated rings. The summed E-state index contributed by atoms with van der Waals surface area (Å²) in [6, 6.07) is -0.319. The molecule has 0 bridgehead atoms. The number of nitrogens with one attached hydrogen (secondary N) is 2. The Balaban J connectivity index is 2.27. The molecule has 2 atom stereocenters. The Morgan fingerprint density at radius 3 is 2.71 bits per heavy atom. The molecule has 28 heavy (non-hydrogen) atoms. The van der Waals surface area contributed by atoms with Crippen LogP contribution in [0.4, 0.5) is 0 Å². The Labute approximate surface area is 165 Å². The van der Waals surface area contributed by atoms with Gasteiger partial charge in [-0.3, -0.25) is 9.89 Å². The van der Waals surface area contributed by atoms with Crippen LogP contribution in [0.25, 0.3) is 0 Å². The lowest BCUT2D eigenvalue weighted by atomic mass is 9.95. The fourth-order valence-corrected chi connectivity index (χ4v) is 5.03. The Hall–Kier alpha value is -1.98. The highest BCUT2D eigenvalue weighted by atomic mass is 32.2. The first-order chi connectivity index (χ1) is 13.2. The SMILES string of the molecule is CCOC(=O)c1c(S(=O)(=O)N2C[C@H](C(=O)NCCOC)CC[C@H]2C)n[nH]c1C. The number of piperidine rings is 1. The van der Waals surface area contributed by atoms with Crippen molar-refractivity contribution in [2.45, 2.75) is 44.7 Å². The van der Waals surface area contributed by atoms with Gasteiger partial charge < -0.3 is 14.8 Å². The van der Waals surface area contributed by atoms with Crippen molar-refractivity contribution in [1.29, 1.82) is 0 Å². The molecular formula is C17H28N4O6S. The van der Waals surface area contributed by atoms with Crippen LogP contribution in [-0.2, 0) is 24.3 Å². The third-order valence-corrected chi connectivity index (χ3v) is 6.66.